The average molecular weight is 560 g/mol. The Hall–Kier alpha value is -3.68. The highest BCUT2D eigenvalue weighted by atomic mass is 32.2. The van der Waals surface area contributed by atoms with Crippen molar-refractivity contribution >= 4 is 33.2 Å². The van der Waals surface area contributed by atoms with Crippen LogP contribution >= 0.6 is 0 Å². The Labute approximate surface area is 224 Å². The van der Waals surface area contributed by atoms with Gasteiger partial charge in [0.2, 0.25) is 10.0 Å². The van der Waals surface area contributed by atoms with Gasteiger partial charge in [-0.2, -0.15) is 4.31 Å². The largest absolute Gasteiger partial charge is 0.509 e. The predicted molar refractivity (Wildman–Crippen MR) is 140 cm³/mol. The predicted octanol–water partition coefficient (Wildman–Crippen LogP) is 3.01. The Morgan fingerprint density at radius 3 is 2.54 bits per heavy atom. The lowest BCUT2D eigenvalue weighted by molar-refractivity contribution is -0.115. The fraction of sp³-hybridized carbons (Fsp3) is 0.423. The normalized spacial score (nSPS) is 19.8. The van der Waals surface area contributed by atoms with Gasteiger partial charge in [0.05, 0.1) is 31.3 Å². The molecule has 2 aliphatic heterocycles. The van der Waals surface area contributed by atoms with Crippen molar-refractivity contribution in [1.82, 2.24) is 4.31 Å². The molecule has 3 aromatic rings. The molecule has 208 valence electrons. The van der Waals surface area contributed by atoms with Crippen molar-refractivity contribution in [1.29, 1.82) is 0 Å². The Kier molecular flexibility index (Phi) is 6.99. The summed E-state index contributed by atoms with van der Waals surface area (Å²) in [7, 11) is -2.90. The molecule has 0 radical (unpaired) electrons. The molecule has 0 bridgehead atoms. The van der Waals surface area contributed by atoms with Crippen molar-refractivity contribution in [3.05, 3.63) is 68.4 Å². The van der Waals surface area contributed by atoms with Gasteiger partial charge in [0.1, 0.15) is 22.9 Å². The molecule has 3 heterocycles. The van der Waals surface area contributed by atoms with Crippen molar-refractivity contribution < 1.29 is 31.8 Å². The van der Waals surface area contributed by atoms with E-state index in [1.807, 2.05) is 26.0 Å². The highest BCUT2D eigenvalue weighted by Gasteiger charge is 2.45. The third kappa shape index (κ3) is 4.92. The van der Waals surface area contributed by atoms with E-state index in [2.05, 4.69) is 15.4 Å². The van der Waals surface area contributed by atoms with Gasteiger partial charge in [0.25, 0.3) is 10.9 Å². The number of hydrogen-bond acceptors (Lipinski definition) is 11. The van der Waals surface area contributed by atoms with Crippen molar-refractivity contribution in [2.24, 2.45) is 5.41 Å². The quantitative estimate of drug-likeness (QED) is 0.294. The van der Waals surface area contributed by atoms with Crippen LogP contribution in [-0.2, 0) is 24.2 Å². The van der Waals surface area contributed by atoms with E-state index in [0.717, 1.165) is 11.4 Å². The van der Waals surface area contributed by atoms with Gasteiger partial charge in [-0.1, -0.05) is 13.0 Å². The number of aryl methyl sites for hydroxylation is 1. The van der Waals surface area contributed by atoms with Crippen LogP contribution in [0.3, 0.4) is 0 Å². The number of hydrogen-bond donors (Lipinski definition) is 2. The van der Waals surface area contributed by atoms with Crippen molar-refractivity contribution in [2.75, 3.05) is 37.5 Å². The van der Waals surface area contributed by atoms with Crippen molar-refractivity contribution in [3.8, 4) is 0 Å². The molecule has 2 saturated heterocycles. The molecule has 5 rings (SSSR count). The Balaban J connectivity index is 1.39. The molecular formula is C26H29N3O9S. The molecule has 0 aliphatic carbocycles. The van der Waals surface area contributed by atoms with Crippen LogP contribution in [0.1, 0.15) is 37.3 Å². The van der Waals surface area contributed by atoms with E-state index in [9.17, 15) is 22.8 Å². The summed E-state index contributed by atoms with van der Waals surface area (Å²) in [6, 6.07) is 9.07. The second kappa shape index (κ2) is 10.1. The van der Waals surface area contributed by atoms with Gasteiger partial charge < -0.3 is 29.3 Å². The minimum absolute atomic E-state index is 0.0275. The number of carbonyl (C=O) groups is 1. The Morgan fingerprint density at radius 2 is 1.90 bits per heavy atom. The smallest absolute Gasteiger partial charge is 0.464 e. The van der Waals surface area contributed by atoms with Crippen LogP contribution < -0.4 is 21.5 Å². The molecule has 1 unspecified atom stereocenters. The molecule has 13 heteroatoms. The molecule has 12 nitrogen and oxygen atoms in total. The van der Waals surface area contributed by atoms with Gasteiger partial charge in [-0.3, -0.25) is 9.59 Å². The van der Waals surface area contributed by atoms with Gasteiger partial charge in [-0.25, -0.2) is 13.2 Å². The Morgan fingerprint density at radius 1 is 1.15 bits per heavy atom. The third-order valence-corrected chi connectivity index (χ3v) is 8.95. The van der Waals surface area contributed by atoms with Crippen molar-refractivity contribution in [2.45, 2.75) is 43.9 Å². The number of nitrogens with zero attached hydrogens (tertiary/aromatic N) is 1. The molecule has 2 N–H and O–H groups in total. The van der Waals surface area contributed by atoms with E-state index in [-0.39, 0.29) is 28.2 Å². The molecule has 0 amide bonds. The first kappa shape index (κ1) is 26.9. The van der Waals surface area contributed by atoms with Crippen LogP contribution in [-0.4, -0.2) is 52.0 Å². The van der Waals surface area contributed by atoms with Gasteiger partial charge in [0, 0.05) is 24.1 Å². The van der Waals surface area contributed by atoms with E-state index in [4.69, 9.17) is 13.9 Å². The summed E-state index contributed by atoms with van der Waals surface area (Å²) < 4.78 is 48.7. The topological polar surface area (TPSA) is 153 Å². The van der Waals surface area contributed by atoms with Crippen LogP contribution in [0.5, 0.6) is 0 Å². The summed E-state index contributed by atoms with van der Waals surface area (Å²) >= 11 is 0. The summed E-state index contributed by atoms with van der Waals surface area (Å²) in [5.41, 5.74) is -1.36. The number of methoxy groups -OCH3 is 1. The number of nitrogens with one attached hydrogen (secondary N) is 2. The fourth-order valence-electron chi connectivity index (χ4n) is 4.86. The van der Waals surface area contributed by atoms with Crippen molar-refractivity contribution in [3.63, 3.8) is 0 Å². The van der Waals surface area contributed by atoms with E-state index >= 15 is 0 Å². The molecular weight excluding hydrogens is 530 g/mol. The summed E-state index contributed by atoms with van der Waals surface area (Å²) in [6.45, 7) is 4.87. The summed E-state index contributed by atoms with van der Waals surface area (Å²) in [6.07, 6.45) is -1.10. The zero-order chi connectivity index (χ0) is 27.9. The zero-order valence-electron chi connectivity index (χ0n) is 21.7. The second-order valence-electron chi connectivity index (χ2n) is 10.0. The van der Waals surface area contributed by atoms with Gasteiger partial charge in [0.15, 0.2) is 6.23 Å². The summed E-state index contributed by atoms with van der Waals surface area (Å²) in [5.74, 6) is 1.32. The number of rotatable bonds is 9. The standard InChI is InChI=1S/C26H29N3O9S/c1-15-9-10-18(37-15)24(26(2)13-36-14-26)28-21-20(22(30)23(21)31)27-16-6-4-7-17(12-16)39(33,34)29-11-5-8-19(29)38-25(32)35-3/h4,6-7,9-10,12,19,24,27-28H,5,8,11,13-14H2,1-3H3/t19-,24?/m1/s1. The molecule has 2 aromatic carbocycles. The number of ether oxygens (including phenoxy) is 3. The minimum atomic E-state index is -4.04. The fourth-order valence-corrected chi connectivity index (χ4v) is 6.48. The number of benzene rings is 1. The summed E-state index contributed by atoms with van der Waals surface area (Å²) in [5, 5.41) is 6.09. The Bertz CT molecular complexity index is 1570. The van der Waals surface area contributed by atoms with Crippen LogP contribution in [0.15, 0.2) is 55.3 Å². The zero-order valence-corrected chi connectivity index (χ0v) is 22.5. The van der Waals surface area contributed by atoms with Crippen LogP contribution in [0.25, 0.3) is 0 Å². The van der Waals surface area contributed by atoms with E-state index in [0.29, 0.717) is 43.3 Å². The number of sulfonamides is 1. The molecule has 39 heavy (non-hydrogen) atoms. The van der Waals surface area contributed by atoms with Gasteiger partial charge in [-0.05, 0) is 43.7 Å². The van der Waals surface area contributed by atoms with Crippen LogP contribution in [0, 0.1) is 12.3 Å². The van der Waals surface area contributed by atoms with Gasteiger partial charge in [-0.15, -0.1) is 0 Å². The number of anilines is 3. The lowest BCUT2D eigenvalue weighted by Crippen LogP contribution is -2.49. The minimum Gasteiger partial charge on any atom is -0.464 e. The highest BCUT2D eigenvalue weighted by molar-refractivity contribution is 7.89. The maximum absolute atomic E-state index is 13.4. The third-order valence-electron chi connectivity index (χ3n) is 7.06. The highest BCUT2D eigenvalue weighted by Crippen LogP contribution is 2.43. The van der Waals surface area contributed by atoms with Gasteiger partial charge >= 0.3 is 6.16 Å². The first-order valence-corrected chi connectivity index (χ1v) is 13.8. The SMILES string of the molecule is COC(=O)O[C@@H]1CCCN1S(=O)(=O)c1cccc(Nc2c(NC(c3ccc(C)o3)C3(C)COC3)c(=O)c2=O)c1. The lowest BCUT2D eigenvalue weighted by Gasteiger charge is -2.44. The summed E-state index contributed by atoms with van der Waals surface area (Å²) in [4.78, 5) is 36.7. The van der Waals surface area contributed by atoms with E-state index in [1.165, 1.54) is 18.2 Å². The lowest BCUT2D eigenvalue weighted by atomic mass is 9.79. The van der Waals surface area contributed by atoms with E-state index in [1.54, 1.807) is 6.07 Å². The maximum atomic E-state index is 13.4. The average Bonchev–Trinajstić information content (AvgIpc) is 3.56. The maximum Gasteiger partial charge on any atom is 0.509 e. The molecule has 2 atom stereocenters. The monoisotopic (exact) mass is 559 g/mol. The van der Waals surface area contributed by atoms with E-state index < -0.39 is 39.3 Å². The van der Waals surface area contributed by atoms with Crippen LogP contribution in [0.4, 0.5) is 21.9 Å². The molecule has 2 aliphatic rings. The first-order valence-electron chi connectivity index (χ1n) is 12.4. The second-order valence-corrected chi connectivity index (χ2v) is 11.9. The number of furan rings is 1. The van der Waals surface area contributed by atoms with Crippen LogP contribution in [0.2, 0.25) is 0 Å². The molecule has 1 aromatic heterocycles. The number of carbonyl (C=O) groups excluding carboxylic acids is 1. The first-order chi connectivity index (χ1) is 18.5. The molecule has 2 fully saturated rings. The molecule has 0 spiro atoms. The molecule has 0 saturated carbocycles.